The third kappa shape index (κ3) is 4.52. The smallest absolute Gasteiger partial charge is 0.358 e. The predicted octanol–water partition coefficient (Wildman–Crippen LogP) is 3.79. The first-order valence-corrected chi connectivity index (χ1v) is 5.76. The first kappa shape index (κ1) is 14.8. The van der Waals surface area contributed by atoms with Crippen LogP contribution in [0.25, 0.3) is 0 Å². The Morgan fingerprint density at radius 3 is 2.17 bits per heavy atom. The SMILES string of the molecule is CC(C)(C)NC(=S)Nc1ccccc1C(F)(F)F. The van der Waals surface area contributed by atoms with Gasteiger partial charge in [0.25, 0.3) is 0 Å². The van der Waals surface area contributed by atoms with Gasteiger partial charge in [-0.2, -0.15) is 13.2 Å². The second kappa shape index (κ2) is 5.14. The molecule has 2 N–H and O–H groups in total. The van der Waals surface area contributed by atoms with Crippen LogP contribution in [0.2, 0.25) is 0 Å². The van der Waals surface area contributed by atoms with Crippen LogP contribution in [0.3, 0.4) is 0 Å². The van der Waals surface area contributed by atoms with Crippen molar-refractivity contribution in [1.82, 2.24) is 5.32 Å². The zero-order valence-corrected chi connectivity index (χ0v) is 11.2. The monoisotopic (exact) mass is 276 g/mol. The molecule has 0 aromatic heterocycles. The molecule has 0 aliphatic carbocycles. The minimum Gasteiger partial charge on any atom is -0.358 e. The molecule has 18 heavy (non-hydrogen) atoms. The molecular formula is C12H15F3N2S. The number of rotatable bonds is 1. The summed E-state index contributed by atoms with van der Waals surface area (Å²) in [5.74, 6) is 0. The maximum atomic E-state index is 12.7. The van der Waals surface area contributed by atoms with Crippen molar-refractivity contribution in [3.63, 3.8) is 0 Å². The number of anilines is 1. The van der Waals surface area contributed by atoms with E-state index in [1.807, 2.05) is 20.8 Å². The van der Waals surface area contributed by atoms with Crippen LogP contribution < -0.4 is 10.6 Å². The molecule has 0 unspecified atom stereocenters. The summed E-state index contributed by atoms with van der Waals surface area (Å²) in [6.07, 6.45) is -4.40. The highest BCUT2D eigenvalue weighted by Crippen LogP contribution is 2.34. The molecule has 0 atom stereocenters. The van der Waals surface area contributed by atoms with Crippen molar-refractivity contribution in [3.8, 4) is 0 Å². The number of para-hydroxylation sites is 1. The van der Waals surface area contributed by atoms with Crippen LogP contribution >= 0.6 is 12.2 Å². The van der Waals surface area contributed by atoms with Gasteiger partial charge < -0.3 is 10.6 Å². The Kier molecular flexibility index (Phi) is 4.21. The van der Waals surface area contributed by atoms with Gasteiger partial charge in [0.1, 0.15) is 0 Å². The van der Waals surface area contributed by atoms with Gasteiger partial charge in [-0.25, -0.2) is 0 Å². The van der Waals surface area contributed by atoms with Gasteiger partial charge in [-0.3, -0.25) is 0 Å². The van der Waals surface area contributed by atoms with Crippen LogP contribution in [0, 0.1) is 0 Å². The summed E-state index contributed by atoms with van der Waals surface area (Å²) >= 11 is 4.98. The van der Waals surface area contributed by atoms with Gasteiger partial charge in [0, 0.05) is 5.54 Å². The Morgan fingerprint density at radius 1 is 1.11 bits per heavy atom. The Balaban J connectivity index is 2.89. The summed E-state index contributed by atoms with van der Waals surface area (Å²) in [7, 11) is 0. The summed E-state index contributed by atoms with van der Waals surface area (Å²) in [5, 5.41) is 5.64. The maximum Gasteiger partial charge on any atom is 0.418 e. The van der Waals surface area contributed by atoms with Crippen LogP contribution in [-0.2, 0) is 6.18 Å². The fourth-order valence-corrected chi connectivity index (χ4v) is 1.75. The molecule has 1 aromatic rings. The van der Waals surface area contributed by atoms with Gasteiger partial charge in [-0.15, -0.1) is 0 Å². The lowest BCUT2D eigenvalue weighted by molar-refractivity contribution is -0.136. The van der Waals surface area contributed by atoms with Crippen LogP contribution in [0.5, 0.6) is 0 Å². The molecule has 1 rings (SSSR count). The molecule has 0 spiro atoms. The number of benzene rings is 1. The number of hydrogen-bond acceptors (Lipinski definition) is 1. The normalized spacial score (nSPS) is 12.1. The first-order valence-electron chi connectivity index (χ1n) is 5.35. The Bertz CT molecular complexity index is 436. The molecule has 2 nitrogen and oxygen atoms in total. The van der Waals surface area contributed by atoms with Crippen molar-refractivity contribution >= 4 is 23.0 Å². The van der Waals surface area contributed by atoms with Gasteiger partial charge in [-0.05, 0) is 45.1 Å². The molecule has 0 bridgehead atoms. The van der Waals surface area contributed by atoms with E-state index < -0.39 is 11.7 Å². The van der Waals surface area contributed by atoms with E-state index in [0.717, 1.165) is 6.07 Å². The quantitative estimate of drug-likeness (QED) is 0.763. The topological polar surface area (TPSA) is 24.1 Å². The summed E-state index contributed by atoms with van der Waals surface area (Å²) < 4.78 is 38.2. The minimum absolute atomic E-state index is 0.0493. The van der Waals surface area contributed by atoms with E-state index in [2.05, 4.69) is 10.6 Å². The summed E-state index contributed by atoms with van der Waals surface area (Å²) in [6.45, 7) is 5.62. The average molecular weight is 276 g/mol. The Labute approximate surface area is 110 Å². The third-order valence-corrected chi connectivity index (χ3v) is 2.17. The van der Waals surface area contributed by atoms with Crippen molar-refractivity contribution in [2.24, 2.45) is 0 Å². The molecule has 0 aliphatic rings. The molecule has 1 aromatic carbocycles. The van der Waals surface area contributed by atoms with Crippen molar-refractivity contribution in [1.29, 1.82) is 0 Å². The molecule has 0 fully saturated rings. The lowest BCUT2D eigenvalue weighted by Crippen LogP contribution is -2.43. The van der Waals surface area contributed by atoms with Crippen molar-refractivity contribution in [2.75, 3.05) is 5.32 Å². The van der Waals surface area contributed by atoms with E-state index in [1.165, 1.54) is 18.2 Å². The van der Waals surface area contributed by atoms with E-state index in [4.69, 9.17) is 12.2 Å². The molecule has 0 amide bonds. The van der Waals surface area contributed by atoms with Crippen LogP contribution in [-0.4, -0.2) is 10.7 Å². The van der Waals surface area contributed by atoms with E-state index in [-0.39, 0.29) is 16.3 Å². The molecule has 100 valence electrons. The van der Waals surface area contributed by atoms with E-state index >= 15 is 0 Å². The van der Waals surface area contributed by atoms with Gasteiger partial charge in [0.05, 0.1) is 11.3 Å². The third-order valence-electron chi connectivity index (χ3n) is 1.97. The van der Waals surface area contributed by atoms with Crippen LogP contribution in [0.1, 0.15) is 26.3 Å². The van der Waals surface area contributed by atoms with Crippen LogP contribution in [0.15, 0.2) is 24.3 Å². The maximum absolute atomic E-state index is 12.7. The van der Waals surface area contributed by atoms with Crippen molar-refractivity contribution in [3.05, 3.63) is 29.8 Å². The molecular weight excluding hydrogens is 261 g/mol. The zero-order chi connectivity index (χ0) is 14.0. The van der Waals surface area contributed by atoms with Gasteiger partial charge >= 0.3 is 6.18 Å². The first-order chi connectivity index (χ1) is 8.09. The highest BCUT2D eigenvalue weighted by atomic mass is 32.1. The second-order valence-corrected chi connectivity index (χ2v) is 5.28. The molecule has 0 heterocycles. The lowest BCUT2D eigenvalue weighted by Gasteiger charge is -2.24. The summed E-state index contributed by atoms with van der Waals surface area (Å²) in [4.78, 5) is 0. The largest absolute Gasteiger partial charge is 0.418 e. The molecule has 6 heteroatoms. The zero-order valence-electron chi connectivity index (χ0n) is 10.4. The summed E-state index contributed by atoms with van der Waals surface area (Å²) in [6, 6.07) is 5.23. The average Bonchev–Trinajstić information content (AvgIpc) is 2.13. The highest BCUT2D eigenvalue weighted by Gasteiger charge is 2.33. The minimum atomic E-state index is -4.40. The number of hydrogen-bond donors (Lipinski definition) is 2. The lowest BCUT2D eigenvalue weighted by atomic mass is 10.1. The number of nitrogens with one attached hydrogen (secondary N) is 2. The van der Waals surface area contributed by atoms with Crippen molar-refractivity contribution in [2.45, 2.75) is 32.5 Å². The van der Waals surface area contributed by atoms with Crippen LogP contribution in [0.4, 0.5) is 18.9 Å². The van der Waals surface area contributed by atoms with Gasteiger partial charge in [-0.1, -0.05) is 12.1 Å². The molecule has 0 saturated carbocycles. The molecule has 0 radical (unpaired) electrons. The second-order valence-electron chi connectivity index (χ2n) is 4.87. The Morgan fingerprint density at radius 2 is 1.67 bits per heavy atom. The summed E-state index contributed by atoms with van der Waals surface area (Å²) in [5.41, 5.74) is -1.09. The van der Waals surface area contributed by atoms with E-state index in [0.29, 0.717) is 0 Å². The molecule has 0 aliphatic heterocycles. The van der Waals surface area contributed by atoms with Gasteiger partial charge in [0.15, 0.2) is 5.11 Å². The highest BCUT2D eigenvalue weighted by molar-refractivity contribution is 7.80. The van der Waals surface area contributed by atoms with E-state index in [1.54, 1.807) is 0 Å². The number of halogens is 3. The predicted molar refractivity (Wildman–Crippen MR) is 70.6 cm³/mol. The molecule has 0 saturated heterocycles. The van der Waals surface area contributed by atoms with Gasteiger partial charge in [0.2, 0.25) is 0 Å². The number of alkyl halides is 3. The van der Waals surface area contributed by atoms with E-state index in [9.17, 15) is 13.2 Å². The standard InChI is InChI=1S/C12H15F3N2S/c1-11(2,3)17-10(18)16-9-7-5-4-6-8(9)12(13,14)15/h4-7H,1-3H3,(H2,16,17,18). The number of thiocarbonyl (C=S) groups is 1. The Hall–Kier alpha value is -1.30. The fraction of sp³-hybridized carbons (Fsp3) is 0.417. The van der Waals surface area contributed by atoms with Crippen molar-refractivity contribution < 1.29 is 13.2 Å². The fourth-order valence-electron chi connectivity index (χ4n) is 1.33.